The third-order valence-corrected chi connectivity index (χ3v) is 6.05. The van der Waals surface area contributed by atoms with Crippen molar-refractivity contribution in [2.24, 2.45) is 4.99 Å². The van der Waals surface area contributed by atoms with Crippen molar-refractivity contribution in [3.63, 3.8) is 0 Å². The van der Waals surface area contributed by atoms with E-state index in [1.54, 1.807) is 6.07 Å². The summed E-state index contributed by atoms with van der Waals surface area (Å²) in [6.07, 6.45) is 0.977. The molecule has 0 saturated carbocycles. The molecule has 2 aromatic heterocycles. The zero-order chi connectivity index (χ0) is 17.1. The fraction of sp³-hybridized carbons (Fsp3) is 0.294. The van der Waals surface area contributed by atoms with Crippen LogP contribution in [0.3, 0.4) is 0 Å². The van der Waals surface area contributed by atoms with Crippen LogP contribution in [0.4, 0.5) is 0 Å². The molecule has 0 radical (unpaired) electrons. The van der Waals surface area contributed by atoms with Crippen molar-refractivity contribution in [3.8, 4) is 5.75 Å². The van der Waals surface area contributed by atoms with Gasteiger partial charge in [0.1, 0.15) is 5.75 Å². The second kappa shape index (κ2) is 7.63. The van der Waals surface area contributed by atoms with Crippen molar-refractivity contribution in [1.82, 2.24) is 4.57 Å². The van der Waals surface area contributed by atoms with Gasteiger partial charge >= 0.3 is 0 Å². The Morgan fingerprint density at radius 1 is 1.25 bits per heavy atom. The van der Waals surface area contributed by atoms with Gasteiger partial charge in [-0.2, -0.15) is 4.99 Å². The number of nitrogens with zero attached hydrogens (tertiary/aromatic N) is 2. The first kappa shape index (κ1) is 17.4. The van der Waals surface area contributed by atoms with Crippen molar-refractivity contribution in [1.29, 1.82) is 0 Å². The number of aryl methyl sites for hydroxylation is 1. The molecule has 4 nitrogen and oxygen atoms in total. The molecule has 3 rings (SSSR count). The van der Waals surface area contributed by atoms with Crippen LogP contribution in [0.2, 0.25) is 0 Å². The number of amides is 1. The first-order valence-corrected chi connectivity index (χ1v) is 10.2. The second-order valence-electron chi connectivity index (χ2n) is 5.12. The Morgan fingerprint density at radius 3 is 2.75 bits per heavy atom. The molecule has 126 valence electrons. The summed E-state index contributed by atoms with van der Waals surface area (Å²) < 4.78 is 9.69. The number of ether oxygens (including phenoxy) is 1. The van der Waals surface area contributed by atoms with Gasteiger partial charge in [0.15, 0.2) is 4.80 Å². The number of carbonyl (C=O) groups excluding carboxylic acids is 1. The van der Waals surface area contributed by atoms with E-state index in [1.807, 2.05) is 31.2 Å². The lowest BCUT2D eigenvalue weighted by molar-refractivity contribution is 0.100. The van der Waals surface area contributed by atoms with Gasteiger partial charge in [-0.05, 0) is 59.6 Å². The smallest absolute Gasteiger partial charge is 0.289 e. The SMILES string of the molecule is CCCn1c(=NC(=O)c2ccc(Br)s2)sc2cc(OCC)ccc21. The van der Waals surface area contributed by atoms with E-state index in [4.69, 9.17) is 4.74 Å². The summed E-state index contributed by atoms with van der Waals surface area (Å²) in [6.45, 7) is 5.55. The highest BCUT2D eigenvalue weighted by Crippen LogP contribution is 2.25. The maximum Gasteiger partial charge on any atom is 0.289 e. The first-order chi connectivity index (χ1) is 11.6. The highest BCUT2D eigenvalue weighted by molar-refractivity contribution is 9.11. The van der Waals surface area contributed by atoms with E-state index in [0.29, 0.717) is 11.5 Å². The molecule has 1 amide bonds. The third-order valence-electron chi connectivity index (χ3n) is 3.39. The molecule has 0 aliphatic rings. The molecule has 3 aromatic rings. The molecule has 0 fully saturated rings. The van der Waals surface area contributed by atoms with Crippen LogP contribution in [0.15, 0.2) is 39.1 Å². The highest BCUT2D eigenvalue weighted by Gasteiger charge is 2.11. The Morgan fingerprint density at radius 2 is 2.08 bits per heavy atom. The third kappa shape index (κ3) is 3.63. The lowest BCUT2D eigenvalue weighted by Crippen LogP contribution is -2.16. The van der Waals surface area contributed by atoms with Gasteiger partial charge in [0.2, 0.25) is 0 Å². The quantitative estimate of drug-likeness (QED) is 0.573. The van der Waals surface area contributed by atoms with E-state index in [2.05, 4.69) is 32.4 Å². The first-order valence-electron chi connectivity index (χ1n) is 7.73. The predicted molar refractivity (Wildman–Crippen MR) is 103 cm³/mol. The molecule has 0 aliphatic heterocycles. The number of carbonyl (C=O) groups is 1. The average Bonchev–Trinajstić information content (AvgIpc) is 3.12. The largest absolute Gasteiger partial charge is 0.494 e. The summed E-state index contributed by atoms with van der Waals surface area (Å²) in [5.41, 5.74) is 1.09. The number of halogens is 1. The lowest BCUT2D eigenvalue weighted by atomic mass is 10.3. The molecule has 0 spiro atoms. The number of rotatable bonds is 5. The molecule has 0 N–H and O–H groups in total. The van der Waals surface area contributed by atoms with Gasteiger partial charge in [0.05, 0.1) is 25.5 Å². The Bertz CT molecular complexity index is 940. The minimum Gasteiger partial charge on any atom is -0.494 e. The maximum atomic E-state index is 12.4. The zero-order valence-electron chi connectivity index (χ0n) is 13.4. The summed E-state index contributed by atoms with van der Waals surface area (Å²) in [5, 5.41) is 0. The molecule has 1 aromatic carbocycles. The molecule has 0 saturated heterocycles. The van der Waals surface area contributed by atoms with Gasteiger partial charge < -0.3 is 9.30 Å². The summed E-state index contributed by atoms with van der Waals surface area (Å²) in [4.78, 5) is 18.2. The Balaban J connectivity index is 2.09. The number of thiophene rings is 1. The summed E-state index contributed by atoms with van der Waals surface area (Å²) in [5.74, 6) is 0.641. The van der Waals surface area contributed by atoms with E-state index in [0.717, 1.165) is 37.5 Å². The van der Waals surface area contributed by atoms with Gasteiger partial charge in [-0.25, -0.2) is 0 Å². The zero-order valence-corrected chi connectivity index (χ0v) is 16.6. The molecule has 7 heteroatoms. The molecular formula is C17H17BrN2O2S2. The monoisotopic (exact) mass is 424 g/mol. The second-order valence-corrected chi connectivity index (χ2v) is 8.59. The van der Waals surface area contributed by atoms with Gasteiger partial charge in [-0.15, -0.1) is 11.3 Å². The van der Waals surface area contributed by atoms with E-state index >= 15 is 0 Å². The predicted octanol–water partition coefficient (Wildman–Crippen LogP) is 5.08. The van der Waals surface area contributed by atoms with Gasteiger partial charge in [0, 0.05) is 6.54 Å². The highest BCUT2D eigenvalue weighted by atomic mass is 79.9. The van der Waals surface area contributed by atoms with Crippen LogP contribution in [0, 0.1) is 0 Å². The van der Waals surface area contributed by atoms with Gasteiger partial charge in [-0.3, -0.25) is 4.79 Å². The molecule has 0 aliphatic carbocycles. The molecule has 0 unspecified atom stereocenters. The fourth-order valence-corrected chi connectivity index (χ4v) is 4.76. The van der Waals surface area contributed by atoms with Crippen LogP contribution in [0.5, 0.6) is 5.75 Å². The van der Waals surface area contributed by atoms with Crippen LogP contribution in [0.1, 0.15) is 29.9 Å². The number of benzene rings is 1. The van der Waals surface area contributed by atoms with E-state index in [9.17, 15) is 4.79 Å². The Labute approximate surface area is 156 Å². The fourth-order valence-electron chi connectivity index (χ4n) is 2.41. The summed E-state index contributed by atoms with van der Waals surface area (Å²) in [7, 11) is 0. The van der Waals surface area contributed by atoms with Crippen molar-refractivity contribution >= 4 is 54.7 Å². The van der Waals surface area contributed by atoms with Crippen LogP contribution in [0.25, 0.3) is 10.2 Å². The Hall–Kier alpha value is -1.44. The van der Waals surface area contributed by atoms with Crippen LogP contribution in [-0.2, 0) is 6.54 Å². The summed E-state index contributed by atoms with van der Waals surface area (Å²) >= 11 is 6.31. The molecule has 24 heavy (non-hydrogen) atoms. The van der Waals surface area contributed by atoms with Gasteiger partial charge in [-0.1, -0.05) is 18.3 Å². The number of hydrogen-bond donors (Lipinski definition) is 0. The van der Waals surface area contributed by atoms with Crippen molar-refractivity contribution < 1.29 is 9.53 Å². The number of thiazole rings is 1. The topological polar surface area (TPSA) is 43.6 Å². The number of aromatic nitrogens is 1. The molecule has 2 heterocycles. The van der Waals surface area contributed by atoms with E-state index < -0.39 is 0 Å². The average molecular weight is 425 g/mol. The Kier molecular flexibility index (Phi) is 5.53. The minimum absolute atomic E-state index is 0.202. The molecular weight excluding hydrogens is 408 g/mol. The van der Waals surface area contributed by atoms with Crippen molar-refractivity contribution in [2.45, 2.75) is 26.8 Å². The van der Waals surface area contributed by atoms with Crippen LogP contribution < -0.4 is 9.54 Å². The summed E-state index contributed by atoms with van der Waals surface area (Å²) in [6, 6.07) is 9.68. The van der Waals surface area contributed by atoms with E-state index in [1.165, 1.54) is 22.7 Å². The van der Waals surface area contributed by atoms with E-state index in [-0.39, 0.29) is 5.91 Å². The lowest BCUT2D eigenvalue weighted by Gasteiger charge is -2.04. The van der Waals surface area contributed by atoms with Crippen LogP contribution in [-0.4, -0.2) is 17.1 Å². The van der Waals surface area contributed by atoms with Crippen LogP contribution >= 0.6 is 38.6 Å². The minimum atomic E-state index is -0.202. The number of fused-ring (bicyclic) bond motifs is 1. The molecule has 0 bridgehead atoms. The number of hydrogen-bond acceptors (Lipinski definition) is 4. The normalized spacial score (nSPS) is 12.0. The maximum absolute atomic E-state index is 12.4. The molecule has 0 atom stereocenters. The van der Waals surface area contributed by atoms with Crippen molar-refractivity contribution in [2.75, 3.05) is 6.61 Å². The van der Waals surface area contributed by atoms with Crippen molar-refractivity contribution in [3.05, 3.63) is 43.8 Å². The van der Waals surface area contributed by atoms with Gasteiger partial charge in [0.25, 0.3) is 5.91 Å². The standard InChI is InChI=1S/C17H17BrN2O2S2/c1-3-9-20-12-6-5-11(22-4-2)10-14(12)24-17(20)19-16(21)13-7-8-15(18)23-13/h5-8,10H,3-4,9H2,1-2H3.